The predicted octanol–water partition coefficient (Wildman–Crippen LogP) is 1.58. The summed E-state index contributed by atoms with van der Waals surface area (Å²) in [7, 11) is 0. The largest absolute Gasteiger partial charge is 0.390 e. The minimum Gasteiger partial charge on any atom is -0.390 e. The van der Waals surface area contributed by atoms with Gasteiger partial charge in [0.05, 0.1) is 6.10 Å². The van der Waals surface area contributed by atoms with Crippen molar-refractivity contribution in [1.29, 1.82) is 0 Å². The van der Waals surface area contributed by atoms with E-state index in [-0.39, 0.29) is 24.3 Å². The topological polar surface area (TPSA) is 46.2 Å². The Bertz CT molecular complexity index is 243. The van der Waals surface area contributed by atoms with E-state index >= 15 is 0 Å². The van der Waals surface area contributed by atoms with Gasteiger partial charge in [-0.1, -0.05) is 30.3 Å². The summed E-state index contributed by atoms with van der Waals surface area (Å²) >= 11 is 5.48. The van der Waals surface area contributed by atoms with E-state index in [9.17, 15) is 5.11 Å². The third-order valence-electron chi connectivity index (χ3n) is 1.97. The molecule has 4 heteroatoms. The van der Waals surface area contributed by atoms with Gasteiger partial charge in [-0.2, -0.15) is 0 Å². The molecule has 0 radical (unpaired) electrons. The second kappa shape index (κ2) is 7.07. The molecule has 0 fully saturated rings. The number of benzene rings is 1. The SMILES string of the molecule is Cl.N[C@@H](Cc1ccccc1)[C@H](O)CCl. The summed E-state index contributed by atoms with van der Waals surface area (Å²) in [6, 6.07) is 9.55. The maximum atomic E-state index is 9.33. The number of halogens is 2. The number of rotatable bonds is 4. The van der Waals surface area contributed by atoms with Crippen molar-refractivity contribution < 1.29 is 5.11 Å². The van der Waals surface area contributed by atoms with Crippen molar-refractivity contribution in [1.82, 2.24) is 0 Å². The lowest BCUT2D eigenvalue weighted by atomic mass is 10.0. The highest BCUT2D eigenvalue weighted by atomic mass is 35.5. The average molecular weight is 236 g/mol. The van der Waals surface area contributed by atoms with E-state index in [1.165, 1.54) is 0 Å². The Morgan fingerprint density at radius 1 is 1.29 bits per heavy atom. The first-order chi connectivity index (χ1) is 6.24. The molecular weight excluding hydrogens is 221 g/mol. The van der Waals surface area contributed by atoms with Crippen LogP contribution in [0.15, 0.2) is 30.3 Å². The Hall–Kier alpha value is -0.280. The molecule has 0 saturated carbocycles. The van der Waals surface area contributed by atoms with Gasteiger partial charge in [-0.3, -0.25) is 0 Å². The van der Waals surface area contributed by atoms with Crippen molar-refractivity contribution in [2.24, 2.45) is 5.73 Å². The zero-order valence-corrected chi connectivity index (χ0v) is 9.34. The van der Waals surface area contributed by atoms with Crippen LogP contribution in [0.4, 0.5) is 0 Å². The maximum Gasteiger partial charge on any atom is 0.0829 e. The molecule has 1 aromatic rings. The van der Waals surface area contributed by atoms with Gasteiger partial charge in [0.25, 0.3) is 0 Å². The molecule has 0 spiro atoms. The van der Waals surface area contributed by atoms with Crippen LogP contribution in [0.5, 0.6) is 0 Å². The van der Waals surface area contributed by atoms with Crippen LogP contribution in [0.25, 0.3) is 0 Å². The summed E-state index contributed by atoms with van der Waals surface area (Å²) < 4.78 is 0. The number of hydrogen-bond acceptors (Lipinski definition) is 2. The van der Waals surface area contributed by atoms with E-state index in [0.717, 1.165) is 5.56 Å². The van der Waals surface area contributed by atoms with Gasteiger partial charge in [-0.25, -0.2) is 0 Å². The van der Waals surface area contributed by atoms with Gasteiger partial charge in [-0.15, -0.1) is 24.0 Å². The molecular formula is C10H15Cl2NO. The Kier molecular flexibility index (Phi) is 6.93. The fourth-order valence-corrected chi connectivity index (χ4v) is 1.37. The standard InChI is InChI=1S/C10H14ClNO.ClH/c11-7-10(13)9(12)6-8-4-2-1-3-5-8;/h1-5,9-10,13H,6-7,12H2;1H/t9-,10+;/m0./s1. The van der Waals surface area contributed by atoms with E-state index in [0.29, 0.717) is 6.42 Å². The van der Waals surface area contributed by atoms with Crippen LogP contribution in [0.3, 0.4) is 0 Å². The van der Waals surface area contributed by atoms with Gasteiger partial charge in [0.2, 0.25) is 0 Å². The van der Waals surface area contributed by atoms with E-state index in [1.54, 1.807) is 0 Å². The third kappa shape index (κ3) is 4.29. The van der Waals surface area contributed by atoms with E-state index in [2.05, 4.69) is 0 Å². The highest BCUT2D eigenvalue weighted by molar-refractivity contribution is 6.18. The molecule has 14 heavy (non-hydrogen) atoms. The Labute approximate surface area is 95.5 Å². The van der Waals surface area contributed by atoms with Crippen molar-refractivity contribution in [3.63, 3.8) is 0 Å². The van der Waals surface area contributed by atoms with Crippen LogP contribution in [0, 0.1) is 0 Å². The summed E-state index contributed by atoms with van der Waals surface area (Å²) in [4.78, 5) is 0. The van der Waals surface area contributed by atoms with Crippen LogP contribution < -0.4 is 5.73 Å². The van der Waals surface area contributed by atoms with Crippen LogP contribution >= 0.6 is 24.0 Å². The van der Waals surface area contributed by atoms with Gasteiger partial charge in [-0.05, 0) is 12.0 Å². The number of alkyl halides is 1. The summed E-state index contributed by atoms with van der Waals surface area (Å²) in [6.45, 7) is 0. The average Bonchev–Trinajstić information content (AvgIpc) is 2.18. The Morgan fingerprint density at radius 2 is 1.86 bits per heavy atom. The van der Waals surface area contributed by atoms with Crippen molar-refractivity contribution in [2.75, 3.05) is 5.88 Å². The zero-order valence-electron chi connectivity index (χ0n) is 7.77. The van der Waals surface area contributed by atoms with Crippen LogP contribution in [-0.2, 0) is 6.42 Å². The van der Waals surface area contributed by atoms with Crippen molar-refractivity contribution in [2.45, 2.75) is 18.6 Å². The number of nitrogens with two attached hydrogens (primary N) is 1. The number of aliphatic hydroxyl groups excluding tert-OH is 1. The first kappa shape index (κ1) is 13.7. The first-order valence-corrected chi connectivity index (χ1v) is 4.81. The molecule has 0 aromatic heterocycles. The molecule has 80 valence electrons. The fourth-order valence-electron chi connectivity index (χ4n) is 1.14. The minimum atomic E-state index is -0.623. The second-order valence-corrected chi connectivity index (χ2v) is 3.38. The molecule has 1 rings (SSSR count). The summed E-state index contributed by atoms with van der Waals surface area (Å²) in [6.07, 6.45) is 0.0382. The van der Waals surface area contributed by atoms with E-state index in [1.807, 2.05) is 30.3 Å². The normalized spacial score (nSPS) is 14.2. The smallest absolute Gasteiger partial charge is 0.0829 e. The molecule has 2 nitrogen and oxygen atoms in total. The molecule has 0 unspecified atom stereocenters. The summed E-state index contributed by atoms with van der Waals surface area (Å²) in [5.41, 5.74) is 6.85. The molecule has 0 aliphatic heterocycles. The quantitative estimate of drug-likeness (QED) is 0.779. The molecule has 0 bridgehead atoms. The van der Waals surface area contributed by atoms with E-state index < -0.39 is 6.10 Å². The highest BCUT2D eigenvalue weighted by Gasteiger charge is 2.13. The van der Waals surface area contributed by atoms with E-state index in [4.69, 9.17) is 17.3 Å². The molecule has 0 amide bonds. The maximum absolute atomic E-state index is 9.33. The first-order valence-electron chi connectivity index (χ1n) is 4.27. The van der Waals surface area contributed by atoms with Gasteiger partial charge in [0.15, 0.2) is 0 Å². The van der Waals surface area contributed by atoms with Gasteiger partial charge < -0.3 is 10.8 Å². The molecule has 0 saturated heterocycles. The lowest BCUT2D eigenvalue weighted by molar-refractivity contribution is 0.166. The minimum absolute atomic E-state index is 0. The van der Waals surface area contributed by atoms with Crippen LogP contribution in [0.1, 0.15) is 5.56 Å². The summed E-state index contributed by atoms with van der Waals surface area (Å²) in [5, 5.41) is 9.33. The molecule has 3 N–H and O–H groups in total. The lowest BCUT2D eigenvalue weighted by Crippen LogP contribution is -2.37. The van der Waals surface area contributed by atoms with Crippen LogP contribution in [0.2, 0.25) is 0 Å². The second-order valence-electron chi connectivity index (χ2n) is 3.08. The van der Waals surface area contributed by atoms with Crippen molar-refractivity contribution >= 4 is 24.0 Å². The Balaban J connectivity index is 0.00000169. The lowest BCUT2D eigenvalue weighted by Gasteiger charge is -2.15. The number of aliphatic hydroxyl groups is 1. The van der Waals surface area contributed by atoms with Crippen molar-refractivity contribution in [3.05, 3.63) is 35.9 Å². The summed E-state index contributed by atoms with van der Waals surface area (Å²) in [5.74, 6) is 0.188. The van der Waals surface area contributed by atoms with Crippen molar-refractivity contribution in [3.8, 4) is 0 Å². The number of hydrogen-bond donors (Lipinski definition) is 2. The fraction of sp³-hybridized carbons (Fsp3) is 0.400. The monoisotopic (exact) mass is 235 g/mol. The molecule has 2 atom stereocenters. The van der Waals surface area contributed by atoms with Gasteiger partial charge >= 0.3 is 0 Å². The Morgan fingerprint density at radius 3 is 2.36 bits per heavy atom. The zero-order chi connectivity index (χ0) is 9.68. The highest BCUT2D eigenvalue weighted by Crippen LogP contribution is 2.05. The molecule has 0 aliphatic rings. The van der Waals surface area contributed by atoms with Crippen LogP contribution in [-0.4, -0.2) is 23.1 Å². The molecule has 0 heterocycles. The molecule has 0 aliphatic carbocycles. The molecule has 1 aromatic carbocycles. The van der Waals surface area contributed by atoms with Gasteiger partial charge in [0, 0.05) is 11.9 Å². The predicted molar refractivity (Wildman–Crippen MR) is 62.1 cm³/mol. The van der Waals surface area contributed by atoms with Gasteiger partial charge in [0.1, 0.15) is 0 Å². The third-order valence-corrected chi connectivity index (χ3v) is 2.28.